The molecule has 3 heteroatoms. The molecule has 0 aromatic heterocycles. The van der Waals surface area contributed by atoms with Gasteiger partial charge in [-0.25, -0.2) is 0 Å². The Morgan fingerprint density at radius 1 is 1.43 bits per heavy atom. The topological polar surface area (TPSA) is 21.6 Å². The maximum Gasteiger partial charge on any atom is 0.124 e. The van der Waals surface area contributed by atoms with Crippen molar-refractivity contribution in [1.82, 2.24) is 0 Å². The highest BCUT2D eigenvalue weighted by Gasteiger charge is 2.24. The summed E-state index contributed by atoms with van der Waals surface area (Å²) < 4.78 is 6.69. The molecule has 2 nitrogen and oxygen atoms in total. The van der Waals surface area contributed by atoms with E-state index in [1.807, 2.05) is 0 Å². The van der Waals surface area contributed by atoms with Crippen molar-refractivity contribution in [1.29, 1.82) is 0 Å². The summed E-state index contributed by atoms with van der Waals surface area (Å²) in [5.74, 6) is 1.81. The Balaban J connectivity index is 2.74. The third-order valence-electron chi connectivity index (χ3n) is 4.24. The second kappa shape index (κ2) is 6.78. The van der Waals surface area contributed by atoms with Crippen LogP contribution in [0, 0.1) is 5.92 Å². The van der Waals surface area contributed by atoms with Crippen LogP contribution < -0.4 is 4.74 Å². The lowest BCUT2D eigenvalue weighted by molar-refractivity contribution is 0.406. The number of hydrogen-bond acceptors (Lipinski definition) is 2. The zero-order valence-corrected chi connectivity index (χ0v) is 15.1. The third kappa shape index (κ3) is 3.39. The van der Waals surface area contributed by atoms with E-state index >= 15 is 0 Å². The van der Waals surface area contributed by atoms with Crippen LogP contribution >= 0.6 is 15.9 Å². The number of nitrogens with zero attached hydrogens (tertiary/aromatic N) is 1. The molecule has 0 radical (unpaired) electrons. The molecule has 1 heterocycles. The maximum atomic E-state index is 5.64. The van der Waals surface area contributed by atoms with Crippen LogP contribution in [0.4, 0.5) is 0 Å². The van der Waals surface area contributed by atoms with Crippen LogP contribution in [0.3, 0.4) is 0 Å². The van der Waals surface area contributed by atoms with Crippen molar-refractivity contribution in [2.24, 2.45) is 10.9 Å². The molecule has 2 unspecified atom stereocenters. The van der Waals surface area contributed by atoms with Gasteiger partial charge < -0.3 is 4.74 Å². The number of methoxy groups -OCH3 is 1. The summed E-state index contributed by atoms with van der Waals surface area (Å²) in [6, 6.07) is 4.25. The summed E-state index contributed by atoms with van der Waals surface area (Å²) in [6.07, 6.45) is 4.31. The molecule has 0 saturated heterocycles. The summed E-state index contributed by atoms with van der Waals surface area (Å²) >= 11 is 3.61. The first-order chi connectivity index (χ1) is 9.97. The average molecular weight is 350 g/mol. The molecule has 0 aliphatic carbocycles. The Bertz CT molecular complexity index is 589. The minimum atomic E-state index is 0.424. The minimum Gasteiger partial charge on any atom is -0.496 e. The monoisotopic (exact) mass is 349 g/mol. The van der Waals surface area contributed by atoms with E-state index in [4.69, 9.17) is 9.73 Å². The predicted octanol–water partition coefficient (Wildman–Crippen LogP) is 5.70. The molecule has 21 heavy (non-hydrogen) atoms. The Hall–Kier alpha value is -1.09. The van der Waals surface area contributed by atoms with E-state index in [0.717, 1.165) is 28.8 Å². The molecule has 1 aromatic carbocycles. The Kier molecular flexibility index (Phi) is 5.26. The molecule has 0 N–H and O–H groups in total. The fraction of sp³-hybridized carbons (Fsp3) is 0.500. The van der Waals surface area contributed by atoms with E-state index in [-0.39, 0.29) is 0 Å². The van der Waals surface area contributed by atoms with Crippen LogP contribution in [-0.2, 0) is 0 Å². The van der Waals surface area contributed by atoms with Gasteiger partial charge in [0.05, 0.1) is 12.8 Å². The third-order valence-corrected chi connectivity index (χ3v) is 4.70. The van der Waals surface area contributed by atoms with Crippen molar-refractivity contribution >= 4 is 21.6 Å². The van der Waals surface area contributed by atoms with Crippen molar-refractivity contribution in [3.63, 3.8) is 0 Å². The summed E-state index contributed by atoms with van der Waals surface area (Å²) in [5.41, 5.74) is 4.80. The smallest absolute Gasteiger partial charge is 0.124 e. The molecule has 1 aliphatic rings. The molecule has 1 aliphatic heterocycles. The maximum absolute atomic E-state index is 5.64. The molecular formula is C18H24BrNO. The highest BCUT2D eigenvalue weighted by Crippen LogP contribution is 2.38. The Morgan fingerprint density at radius 2 is 2.14 bits per heavy atom. The van der Waals surface area contributed by atoms with Gasteiger partial charge in [-0.2, -0.15) is 0 Å². The van der Waals surface area contributed by atoms with Crippen LogP contribution in [0.2, 0.25) is 0 Å². The van der Waals surface area contributed by atoms with E-state index in [0.29, 0.717) is 11.8 Å². The van der Waals surface area contributed by atoms with Gasteiger partial charge in [-0.3, -0.25) is 4.99 Å². The highest BCUT2D eigenvalue weighted by atomic mass is 79.9. The van der Waals surface area contributed by atoms with Crippen LogP contribution in [0.25, 0.3) is 0 Å². The normalized spacial score (nSPS) is 22.3. The fourth-order valence-electron chi connectivity index (χ4n) is 2.81. The number of allylic oxidation sites excluding steroid dienone is 2. The standard InChI is InChI=1S/C18H24BrNO/c1-6-11(2)18-15-9-14(19)10-16(21-5)17(15)12(3)7-8-13(4)20-18/h8-12H,6-7H2,1-5H3/b13-8+,20-18?. The number of ether oxygens (including phenoxy) is 1. The zero-order chi connectivity index (χ0) is 15.6. The molecule has 2 rings (SSSR count). The summed E-state index contributed by atoms with van der Waals surface area (Å²) in [5, 5.41) is 0. The molecule has 0 bridgehead atoms. The lowest BCUT2D eigenvalue weighted by Gasteiger charge is -2.25. The van der Waals surface area contributed by atoms with Gasteiger partial charge in [-0.1, -0.05) is 42.8 Å². The quantitative estimate of drug-likeness (QED) is 0.685. The van der Waals surface area contributed by atoms with Crippen molar-refractivity contribution in [3.05, 3.63) is 39.5 Å². The molecule has 0 spiro atoms. The second-order valence-electron chi connectivity index (χ2n) is 5.86. The molecule has 1 aromatic rings. The van der Waals surface area contributed by atoms with Crippen LogP contribution in [0.5, 0.6) is 5.75 Å². The minimum absolute atomic E-state index is 0.424. The number of benzene rings is 1. The van der Waals surface area contributed by atoms with Crippen molar-refractivity contribution in [2.75, 3.05) is 7.11 Å². The van der Waals surface area contributed by atoms with Crippen molar-refractivity contribution in [3.8, 4) is 5.75 Å². The second-order valence-corrected chi connectivity index (χ2v) is 6.77. The fourth-order valence-corrected chi connectivity index (χ4v) is 3.25. The van der Waals surface area contributed by atoms with Crippen molar-refractivity contribution < 1.29 is 4.74 Å². The summed E-state index contributed by atoms with van der Waals surface area (Å²) in [4.78, 5) is 4.90. The van der Waals surface area contributed by atoms with Crippen LogP contribution in [0.1, 0.15) is 57.6 Å². The predicted molar refractivity (Wildman–Crippen MR) is 93.5 cm³/mol. The number of halogens is 1. The van der Waals surface area contributed by atoms with E-state index < -0.39 is 0 Å². The Morgan fingerprint density at radius 3 is 2.76 bits per heavy atom. The number of fused-ring (bicyclic) bond motifs is 1. The number of hydrogen-bond donors (Lipinski definition) is 0. The van der Waals surface area contributed by atoms with Gasteiger partial charge >= 0.3 is 0 Å². The van der Waals surface area contributed by atoms with Crippen LogP contribution in [0.15, 0.2) is 33.4 Å². The average Bonchev–Trinajstić information content (AvgIpc) is 2.47. The van der Waals surface area contributed by atoms with Crippen molar-refractivity contribution in [2.45, 2.75) is 46.5 Å². The molecule has 114 valence electrons. The first-order valence-corrected chi connectivity index (χ1v) is 8.40. The van der Waals surface area contributed by atoms with Gasteiger partial charge in [-0.05, 0) is 43.7 Å². The van der Waals surface area contributed by atoms with Gasteiger partial charge in [0.25, 0.3) is 0 Å². The SMILES string of the molecule is CCC(C)C1=N/C(C)=C/CC(C)c2c(OC)cc(Br)cc21. The molecular weight excluding hydrogens is 326 g/mol. The van der Waals surface area contributed by atoms with Gasteiger partial charge in [0, 0.05) is 21.3 Å². The van der Waals surface area contributed by atoms with E-state index in [1.165, 1.54) is 16.8 Å². The van der Waals surface area contributed by atoms with E-state index in [2.05, 4.69) is 61.8 Å². The zero-order valence-electron chi connectivity index (χ0n) is 13.5. The molecule has 2 atom stereocenters. The molecule has 0 amide bonds. The first-order valence-electron chi connectivity index (χ1n) is 7.61. The number of rotatable bonds is 3. The molecule has 0 saturated carbocycles. The van der Waals surface area contributed by atoms with E-state index in [1.54, 1.807) is 7.11 Å². The summed E-state index contributed by atoms with van der Waals surface area (Å²) in [6.45, 7) is 8.81. The van der Waals surface area contributed by atoms with Crippen LogP contribution in [-0.4, -0.2) is 12.8 Å². The van der Waals surface area contributed by atoms with Gasteiger partial charge in [-0.15, -0.1) is 0 Å². The highest BCUT2D eigenvalue weighted by molar-refractivity contribution is 9.10. The molecule has 0 fully saturated rings. The van der Waals surface area contributed by atoms with Gasteiger partial charge in [0.2, 0.25) is 0 Å². The lowest BCUT2D eigenvalue weighted by atomic mass is 9.85. The lowest BCUT2D eigenvalue weighted by Crippen LogP contribution is -2.17. The first kappa shape index (κ1) is 16.3. The number of aliphatic imine (C=N–C) groups is 1. The Labute approximate surface area is 136 Å². The largest absolute Gasteiger partial charge is 0.496 e. The van der Waals surface area contributed by atoms with Gasteiger partial charge in [0.1, 0.15) is 5.75 Å². The summed E-state index contributed by atoms with van der Waals surface area (Å²) in [7, 11) is 1.74. The van der Waals surface area contributed by atoms with E-state index in [9.17, 15) is 0 Å². The van der Waals surface area contributed by atoms with Gasteiger partial charge in [0.15, 0.2) is 0 Å².